The number of aromatic nitrogens is 2. The Kier molecular flexibility index (Phi) is 8.36. The van der Waals surface area contributed by atoms with E-state index in [4.69, 9.17) is 5.26 Å². The number of hydrogen-bond donors (Lipinski definition) is 0. The van der Waals surface area contributed by atoms with Crippen molar-refractivity contribution in [3.8, 4) is 6.07 Å². The maximum Gasteiger partial charge on any atom is 0.264 e. The number of amides is 2. The lowest BCUT2D eigenvalue weighted by molar-refractivity contribution is -0.123. The van der Waals surface area contributed by atoms with Gasteiger partial charge >= 0.3 is 0 Å². The Morgan fingerprint density at radius 3 is 2.52 bits per heavy atom. The number of carbonyl (C=O) groups excluding carboxylic acids is 2. The van der Waals surface area contributed by atoms with Crippen LogP contribution >= 0.6 is 11.3 Å². The molecule has 42 heavy (non-hydrogen) atoms. The minimum atomic E-state index is 0.0150. The molecule has 2 amide bonds. The van der Waals surface area contributed by atoms with E-state index in [-0.39, 0.29) is 17.7 Å². The predicted molar refractivity (Wildman–Crippen MR) is 165 cm³/mol. The minimum Gasteiger partial charge on any atom is -0.335 e. The van der Waals surface area contributed by atoms with Gasteiger partial charge in [0.05, 0.1) is 35.1 Å². The van der Waals surface area contributed by atoms with E-state index < -0.39 is 0 Å². The zero-order valence-electron chi connectivity index (χ0n) is 24.0. The summed E-state index contributed by atoms with van der Waals surface area (Å²) in [5.74, 6) is 0.262. The van der Waals surface area contributed by atoms with Gasteiger partial charge in [-0.2, -0.15) is 5.26 Å². The van der Waals surface area contributed by atoms with Gasteiger partial charge in [0.1, 0.15) is 0 Å². The summed E-state index contributed by atoms with van der Waals surface area (Å²) in [7, 11) is 2.09. The number of nitrogens with zero attached hydrogens (tertiary/aromatic N) is 6. The molecule has 0 N–H and O–H groups in total. The average Bonchev–Trinajstić information content (AvgIpc) is 3.66. The molecule has 2 fully saturated rings. The van der Waals surface area contributed by atoms with E-state index in [9.17, 15) is 9.59 Å². The van der Waals surface area contributed by atoms with E-state index in [0.717, 1.165) is 83.8 Å². The van der Waals surface area contributed by atoms with Gasteiger partial charge in [-0.3, -0.25) is 9.59 Å². The number of imidazole rings is 1. The summed E-state index contributed by atoms with van der Waals surface area (Å²) >= 11 is 1.53. The molecule has 0 spiro atoms. The Morgan fingerprint density at radius 2 is 1.79 bits per heavy atom. The van der Waals surface area contributed by atoms with Crippen molar-refractivity contribution in [3.63, 3.8) is 0 Å². The van der Waals surface area contributed by atoms with E-state index in [2.05, 4.69) is 33.6 Å². The summed E-state index contributed by atoms with van der Waals surface area (Å²) in [5, 5.41) is 10.1. The number of hydrogen-bond acceptors (Lipinski definition) is 6. The molecule has 6 rings (SSSR count). The first-order valence-electron chi connectivity index (χ1n) is 14.8. The lowest BCUT2D eigenvalue weighted by Crippen LogP contribution is -2.46. The Bertz CT molecular complexity index is 1600. The lowest BCUT2D eigenvalue weighted by atomic mass is 9.88. The fourth-order valence-electron chi connectivity index (χ4n) is 6.00. The first kappa shape index (κ1) is 28.1. The van der Waals surface area contributed by atoms with Crippen LogP contribution in [0.3, 0.4) is 0 Å². The molecule has 0 bridgehead atoms. The van der Waals surface area contributed by atoms with Gasteiger partial charge in [-0.15, -0.1) is 11.3 Å². The van der Waals surface area contributed by atoms with Gasteiger partial charge in [-0.25, -0.2) is 4.98 Å². The second kappa shape index (κ2) is 12.5. The zero-order valence-corrected chi connectivity index (χ0v) is 24.9. The van der Waals surface area contributed by atoms with Gasteiger partial charge in [-0.05, 0) is 67.2 Å². The Hall–Kier alpha value is -4.00. The highest BCUT2D eigenvalue weighted by Crippen LogP contribution is 2.33. The van der Waals surface area contributed by atoms with E-state index in [1.54, 1.807) is 6.33 Å². The summed E-state index contributed by atoms with van der Waals surface area (Å²) in [6.45, 7) is 4.28. The van der Waals surface area contributed by atoms with Gasteiger partial charge in [0, 0.05) is 55.2 Å². The molecule has 2 aliphatic rings. The molecule has 8 nitrogen and oxygen atoms in total. The Balaban J connectivity index is 1.28. The normalized spacial score (nSPS) is 16.4. The molecule has 1 aliphatic heterocycles. The van der Waals surface area contributed by atoms with Crippen molar-refractivity contribution in [1.29, 1.82) is 5.26 Å². The number of rotatable bonds is 7. The molecule has 3 heterocycles. The van der Waals surface area contributed by atoms with Crippen molar-refractivity contribution < 1.29 is 9.59 Å². The first-order chi connectivity index (χ1) is 20.5. The molecule has 1 saturated carbocycles. The minimum absolute atomic E-state index is 0.0150. The van der Waals surface area contributed by atoms with E-state index in [1.807, 2.05) is 58.5 Å². The smallest absolute Gasteiger partial charge is 0.264 e. The fourth-order valence-corrected chi connectivity index (χ4v) is 7.01. The van der Waals surface area contributed by atoms with Crippen molar-refractivity contribution in [3.05, 3.63) is 82.8 Å². The molecule has 0 radical (unpaired) electrons. The van der Waals surface area contributed by atoms with Crippen LogP contribution in [0.5, 0.6) is 0 Å². The highest BCUT2D eigenvalue weighted by atomic mass is 32.1. The number of anilines is 1. The molecule has 216 valence electrons. The number of piperazine rings is 1. The topological polar surface area (TPSA) is 85.5 Å². The van der Waals surface area contributed by atoms with Crippen molar-refractivity contribution >= 4 is 38.9 Å². The Labute approximate surface area is 250 Å². The molecular formula is C33H36N6O2S. The molecule has 0 unspecified atom stereocenters. The SMILES string of the molecule is CN1CCN(C(=O)c2cc3cc(N(Cc4cncn4Cc4ccc(C#N)cc4)C(=O)C4CCCCC4)ccc3s2)CC1. The third kappa shape index (κ3) is 6.10. The largest absolute Gasteiger partial charge is 0.335 e. The average molecular weight is 581 g/mol. The summed E-state index contributed by atoms with van der Waals surface area (Å²) in [4.78, 5) is 38.6. The van der Waals surface area contributed by atoms with Crippen LogP contribution < -0.4 is 4.90 Å². The summed E-state index contributed by atoms with van der Waals surface area (Å²) < 4.78 is 3.12. The van der Waals surface area contributed by atoms with Crippen LogP contribution in [0.25, 0.3) is 10.1 Å². The van der Waals surface area contributed by atoms with Crippen LogP contribution in [0.2, 0.25) is 0 Å². The van der Waals surface area contributed by atoms with Crippen molar-refractivity contribution in [2.24, 2.45) is 5.92 Å². The van der Waals surface area contributed by atoms with Crippen LogP contribution in [-0.2, 0) is 17.9 Å². The summed E-state index contributed by atoms with van der Waals surface area (Å²) in [6.07, 6.45) is 8.83. The third-order valence-corrected chi connectivity index (χ3v) is 9.69. The number of likely N-dealkylation sites (N-methyl/N-ethyl adjacent to an activating group) is 1. The first-order valence-corrected chi connectivity index (χ1v) is 15.6. The second-order valence-corrected chi connectivity index (χ2v) is 12.6. The molecule has 2 aromatic heterocycles. The zero-order chi connectivity index (χ0) is 29.1. The van der Waals surface area contributed by atoms with Gasteiger partial charge < -0.3 is 19.3 Å². The van der Waals surface area contributed by atoms with E-state index in [0.29, 0.717) is 18.7 Å². The molecule has 4 aromatic rings. The fraction of sp³-hybridized carbons (Fsp3) is 0.394. The van der Waals surface area contributed by atoms with Crippen LogP contribution in [0.4, 0.5) is 5.69 Å². The van der Waals surface area contributed by atoms with Crippen LogP contribution in [0.1, 0.15) is 58.6 Å². The summed E-state index contributed by atoms with van der Waals surface area (Å²) in [5.41, 5.74) is 3.49. The quantitative estimate of drug-likeness (QED) is 0.287. The maximum absolute atomic E-state index is 14.1. The van der Waals surface area contributed by atoms with Gasteiger partial charge in [0.15, 0.2) is 0 Å². The molecule has 2 aromatic carbocycles. The van der Waals surface area contributed by atoms with Crippen molar-refractivity contribution in [1.82, 2.24) is 19.4 Å². The number of carbonyl (C=O) groups is 2. The third-order valence-electron chi connectivity index (χ3n) is 8.59. The van der Waals surface area contributed by atoms with Crippen LogP contribution in [0.15, 0.2) is 61.1 Å². The van der Waals surface area contributed by atoms with Crippen molar-refractivity contribution in [2.75, 3.05) is 38.1 Å². The number of benzene rings is 2. The van der Waals surface area contributed by atoms with E-state index >= 15 is 0 Å². The Morgan fingerprint density at radius 1 is 1.02 bits per heavy atom. The van der Waals surface area contributed by atoms with Gasteiger partial charge in [-0.1, -0.05) is 31.4 Å². The standard InChI is InChI=1S/C33H36N6O2S/c1-36-13-15-37(16-14-36)33(41)31-18-27-17-28(11-12-30(27)42-31)39(32(40)26-5-3-2-4-6-26)22-29-20-35-23-38(29)21-25-9-7-24(19-34)8-10-25/h7-12,17-18,20,23,26H,2-6,13-16,21-22H2,1H3. The number of fused-ring (bicyclic) bond motifs is 1. The van der Waals surface area contributed by atoms with Crippen LogP contribution in [-0.4, -0.2) is 64.4 Å². The van der Waals surface area contributed by atoms with Gasteiger partial charge in [0.25, 0.3) is 5.91 Å². The molecule has 1 saturated heterocycles. The predicted octanol–water partition coefficient (Wildman–Crippen LogP) is 5.52. The van der Waals surface area contributed by atoms with Gasteiger partial charge in [0.2, 0.25) is 5.91 Å². The summed E-state index contributed by atoms with van der Waals surface area (Å²) in [6, 6.07) is 17.8. The maximum atomic E-state index is 14.1. The monoisotopic (exact) mass is 580 g/mol. The van der Waals surface area contributed by atoms with E-state index in [1.165, 1.54) is 17.8 Å². The number of nitriles is 1. The molecule has 1 aliphatic carbocycles. The molecular weight excluding hydrogens is 544 g/mol. The molecule has 0 atom stereocenters. The second-order valence-electron chi connectivity index (χ2n) is 11.5. The number of thiophene rings is 1. The molecule has 9 heteroatoms. The van der Waals surface area contributed by atoms with Crippen molar-refractivity contribution in [2.45, 2.75) is 45.2 Å². The van der Waals surface area contributed by atoms with Crippen LogP contribution in [0, 0.1) is 17.2 Å². The highest BCUT2D eigenvalue weighted by molar-refractivity contribution is 7.20. The highest BCUT2D eigenvalue weighted by Gasteiger charge is 2.28. The lowest BCUT2D eigenvalue weighted by Gasteiger charge is -2.32.